The van der Waals surface area contributed by atoms with E-state index in [-0.39, 0.29) is 12.2 Å². The van der Waals surface area contributed by atoms with Crippen molar-refractivity contribution in [1.82, 2.24) is 4.98 Å². The molecule has 0 radical (unpaired) electrons. The predicted octanol–water partition coefficient (Wildman–Crippen LogP) is 1.41. The Morgan fingerprint density at radius 3 is 2.69 bits per heavy atom. The normalized spacial score (nSPS) is 10.8. The third-order valence-electron chi connectivity index (χ3n) is 2.20. The van der Waals surface area contributed by atoms with Crippen molar-refractivity contribution in [2.24, 2.45) is 5.73 Å². The van der Waals surface area contributed by atoms with E-state index in [0.29, 0.717) is 11.1 Å². The lowest BCUT2D eigenvalue weighted by Gasteiger charge is -2.11. The maximum absolute atomic E-state index is 12.5. The van der Waals surface area contributed by atoms with Crippen molar-refractivity contribution in [3.05, 3.63) is 28.6 Å². The van der Waals surface area contributed by atoms with E-state index in [1.165, 1.54) is 6.07 Å². The van der Waals surface area contributed by atoms with E-state index in [1.807, 2.05) is 0 Å². The summed E-state index contributed by atoms with van der Waals surface area (Å²) < 4.78 is 24.9. The van der Waals surface area contributed by atoms with Gasteiger partial charge in [-0.2, -0.15) is 0 Å². The van der Waals surface area contributed by atoms with E-state index in [1.54, 1.807) is 6.92 Å². The molecule has 0 saturated carbocycles. The van der Waals surface area contributed by atoms with Crippen molar-refractivity contribution in [3.8, 4) is 0 Å². The highest BCUT2D eigenvalue weighted by Gasteiger charge is 2.16. The molecule has 0 bridgehead atoms. The third kappa shape index (κ3) is 2.73. The number of pyridine rings is 1. The number of aromatic nitrogens is 1. The molecular weight excluding hydrogens is 218 g/mol. The Bertz CT molecular complexity index is 408. The van der Waals surface area contributed by atoms with Gasteiger partial charge in [-0.3, -0.25) is 9.78 Å². The first-order chi connectivity index (χ1) is 7.45. The Labute approximate surface area is 91.1 Å². The lowest BCUT2D eigenvalue weighted by Crippen LogP contribution is -2.12. The molecule has 0 unspecified atom stereocenters. The Kier molecular flexibility index (Phi) is 3.89. The summed E-state index contributed by atoms with van der Waals surface area (Å²) in [6.07, 6.45) is -3.11. The molecule has 0 fully saturated rings. The first-order valence-corrected chi connectivity index (χ1v) is 4.65. The summed E-state index contributed by atoms with van der Waals surface area (Å²) in [7, 11) is 0. The van der Waals surface area contributed by atoms with E-state index < -0.39 is 24.5 Å². The largest absolute Gasteiger partial charge is 0.481 e. The number of halogens is 2. The summed E-state index contributed by atoms with van der Waals surface area (Å²) in [5.74, 6) is -1.12. The number of carbonyl (C=O) groups is 1. The second-order valence-electron chi connectivity index (χ2n) is 3.36. The van der Waals surface area contributed by atoms with Crippen LogP contribution in [-0.4, -0.2) is 16.1 Å². The van der Waals surface area contributed by atoms with E-state index in [9.17, 15) is 13.6 Å². The van der Waals surface area contributed by atoms with Crippen LogP contribution in [-0.2, 0) is 17.8 Å². The van der Waals surface area contributed by atoms with Crippen molar-refractivity contribution in [1.29, 1.82) is 0 Å². The minimum Gasteiger partial charge on any atom is -0.481 e. The zero-order chi connectivity index (χ0) is 12.3. The molecule has 1 aromatic heterocycles. The number of hydrogen-bond acceptors (Lipinski definition) is 3. The summed E-state index contributed by atoms with van der Waals surface area (Å²) in [5.41, 5.74) is 6.20. The zero-order valence-corrected chi connectivity index (χ0v) is 8.70. The molecule has 6 heteroatoms. The van der Waals surface area contributed by atoms with E-state index in [0.717, 1.165) is 0 Å². The fourth-order valence-corrected chi connectivity index (χ4v) is 1.47. The van der Waals surface area contributed by atoms with Gasteiger partial charge in [0, 0.05) is 6.54 Å². The van der Waals surface area contributed by atoms with Crippen LogP contribution in [0.1, 0.15) is 28.9 Å². The molecule has 16 heavy (non-hydrogen) atoms. The summed E-state index contributed by atoms with van der Waals surface area (Å²) in [5, 5.41) is 8.64. The average molecular weight is 230 g/mol. The minimum atomic E-state index is -2.71. The molecule has 0 amide bonds. The molecule has 0 aliphatic rings. The Morgan fingerprint density at radius 1 is 1.62 bits per heavy atom. The molecule has 3 N–H and O–H groups in total. The second-order valence-corrected chi connectivity index (χ2v) is 3.36. The van der Waals surface area contributed by atoms with Crippen molar-refractivity contribution in [2.45, 2.75) is 26.3 Å². The van der Waals surface area contributed by atoms with Crippen LogP contribution < -0.4 is 5.73 Å². The van der Waals surface area contributed by atoms with Crippen LogP contribution in [0.3, 0.4) is 0 Å². The number of hydrogen-bond donors (Lipinski definition) is 2. The lowest BCUT2D eigenvalue weighted by atomic mass is 10.0. The minimum absolute atomic E-state index is 0.0883. The van der Waals surface area contributed by atoms with Crippen LogP contribution >= 0.6 is 0 Å². The number of nitrogens with zero attached hydrogens (tertiary/aromatic N) is 1. The number of aryl methyl sites for hydroxylation is 1. The van der Waals surface area contributed by atoms with Crippen LogP contribution in [0.4, 0.5) is 8.78 Å². The SMILES string of the molecule is Cc1cc(C(F)F)nc(CC(=O)O)c1CN. The molecule has 0 spiro atoms. The average Bonchev–Trinajstić information content (AvgIpc) is 2.16. The quantitative estimate of drug-likeness (QED) is 0.820. The Balaban J connectivity index is 3.24. The van der Waals surface area contributed by atoms with Crippen LogP contribution in [0.15, 0.2) is 6.07 Å². The number of rotatable bonds is 4. The topological polar surface area (TPSA) is 76.2 Å². The lowest BCUT2D eigenvalue weighted by molar-refractivity contribution is -0.136. The third-order valence-corrected chi connectivity index (χ3v) is 2.20. The van der Waals surface area contributed by atoms with Crippen molar-refractivity contribution in [3.63, 3.8) is 0 Å². The van der Waals surface area contributed by atoms with Gasteiger partial charge in [-0.05, 0) is 24.1 Å². The van der Waals surface area contributed by atoms with Gasteiger partial charge in [0.2, 0.25) is 0 Å². The molecule has 88 valence electrons. The zero-order valence-electron chi connectivity index (χ0n) is 8.70. The maximum atomic E-state index is 12.5. The molecule has 0 aliphatic carbocycles. The summed E-state index contributed by atoms with van der Waals surface area (Å²) in [4.78, 5) is 14.2. The highest BCUT2D eigenvalue weighted by Crippen LogP contribution is 2.21. The van der Waals surface area contributed by atoms with Gasteiger partial charge in [-0.25, -0.2) is 8.78 Å². The summed E-state index contributed by atoms with van der Waals surface area (Å²) >= 11 is 0. The molecular formula is C10H12F2N2O2. The van der Waals surface area contributed by atoms with Gasteiger partial charge >= 0.3 is 5.97 Å². The highest BCUT2D eigenvalue weighted by atomic mass is 19.3. The standard InChI is InChI=1S/C10H12F2N2O2/c1-5-2-8(10(11)12)14-7(3-9(15)16)6(5)4-13/h2,10H,3-4,13H2,1H3,(H,15,16). The van der Waals surface area contributed by atoms with Crippen LogP contribution in [0.25, 0.3) is 0 Å². The number of nitrogens with two attached hydrogens (primary N) is 1. The van der Waals surface area contributed by atoms with Gasteiger partial charge in [0.05, 0.1) is 12.1 Å². The molecule has 1 aromatic rings. The number of alkyl halides is 2. The highest BCUT2D eigenvalue weighted by molar-refractivity contribution is 5.70. The first-order valence-electron chi connectivity index (χ1n) is 4.65. The molecule has 1 rings (SSSR count). The van der Waals surface area contributed by atoms with Crippen LogP contribution in [0.5, 0.6) is 0 Å². The van der Waals surface area contributed by atoms with Gasteiger partial charge in [0.25, 0.3) is 6.43 Å². The van der Waals surface area contributed by atoms with Gasteiger partial charge < -0.3 is 10.8 Å². The molecule has 0 saturated heterocycles. The van der Waals surface area contributed by atoms with Crippen LogP contribution in [0.2, 0.25) is 0 Å². The number of carboxylic acids is 1. The molecule has 0 aromatic carbocycles. The van der Waals surface area contributed by atoms with E-state index >= 15 is 0 Å². The molecule has 0 aliphatic heterocycles. The summed E-state index contributed by atoms with van der Waals surface area (Å²) in [6.45, 7) is 1.70. The molecule has 4 nitrogen and oxygen atoms in total. The maximum Gasteiger partial charge on any atom is 0.309 e. The molecule has 1 heterocycles. The fraction of sp³-hybridized carbons (Fsp3) is 0.400. The van der Waals surface area contributed by atoms with Gasteiger partial charge in [0.1, 0.15) is 5.69 Å². The van der Waals surface area contributed by atoms with Crippen molar-refractivity contribution in [2.75, 3.05) is 0 Å². The van der Waals surface area contributed by atoms with E-state index in [4.69, 9.17) is 10.8 Å². The van der Waals surface area contributed by atoms with Gasteiger partial charge in [-0.15, -0.1) is 0 Å². The smallest absolute Gasteiger partial charge is 0.309 e. The van der Waals surface area contributed by atoms with Gasteiger partial charge in [0.15, 0.2) is 0 Å². The number of carboxylic acid groups (broad SMARTS) is 1. The van der Waals surface area contributed by atoms with Gasteiger partial charge in [-0.1, -0.05) is 0 Å². The predicted molar refractivity (Wildman–Crippen MR) is 53.2 cm³/mol. The van der Waals surface area contributed by atoms with Crippen LogP contribution in [0, 0.1) is 6.92 Å². The Morgan fingerprint density at radius 2 is 2.25 bits per heavy atom. The first kappa shape index (κ1) is 12.5. The second kappa shape index (κ2) is 4.98. The Hall–Kier alpha value is -1.56. The fourth-order valence-electron chi connectivity index (χ4n) is 1.47. The monoisotopic (exact) mass is 230 g/mol. The summed E-state index contributed by atoms with van der Waals surface area (Å²) in [6, 6.07) is 1.23. The van der Waals surface area contributed by atoms with Crippen molar-refractivity contribution >= 4 is 5.97 Å². The van der Waals surface area contributed by atoms with E-state index in [2.05, 4.69) is 4.98 Å². The number of aliphatic carboxylic acids is 1. The van der Waals surface area contributed by atoms with Crippen molar-refractivity contribution < 1.29 is 18.7 Å². The molecule has 0 atom stereocenters.